The van der Waals surface area contributed by atoms with E-state index in [1.807, 2.05) is 12.1 Å². The second-order valence-corrected chi connectivity index (χ2v) is 6.87. The minimum atomic E-state index is -0.365. The number of hydrogen-bond acceptors (Lipinski definition) is 3. The molecule has 5 heteroatoms. The summed E-state index contributed by atoms with van der Waals surface area (Å²) in [5.74, 6) is 1.42. The van der Waals surface area contributed by atoms with Crippen molar-refractivity contribution in [1.82, 2.24) is 0 Å². The molecule has 2 fully saturated rings. The van der Waals surface area contributed by atoms with Crippen LogP contribution in [-0.2, 0) is 0 Å². The van der Waals surface area contributed by atoms with Gasteiger partial charge in [0.05, 0.1) is 4.92 Å². The van der Waals surface area contributed by atoms with Gasteiger partial charge in [0.25, 0.3) is 5.69 Å². The second-order valence-electron chi connectivity index (χ2n) is 5.11. The van der Waals surface area contributed by atoms with Crippen molar-refractivity contribution in [3.05, 3.63) is 34.4 Å². The third kappa shape index (κ3) is 2.12. The molecule has 0 amide bonds. The standard InChI is InChI=1S/C13H14ClNO2S/c14-12-8-1-2-9(7-8)13(12)18-11-5-3-10(4-6-11)15(16)17/h3-6,8-9,12-13H,1-2,7H2/t8-,9+,12+,13-/m0/s1. The lowest BCUT2D eigenvalue weighted by atomic mass is 10.00. The molecule has 18 heavy (non-hydrogen) atoms. The van der Waals surface area contributed by atoms with Crippen LogP contribution in [-0.4, -0.2) is 15.6 Å². The number of hydrogen-bond donors (Lipinski definition) is 0. The highest BCUT2D eigenvalue weighted by Crippen LogP contribution is 2.53. The summed E-state index contributed by atoms with van der Waals surface area (Å²) in [6.07, 6.45) is 3.83. The third-order valence-corrected chi connectivity index (χ3v) is 6.33. The highest BCUT2D eigenvalue weighted by molar-refractivity contribution is 8.00. The molecule has 4 atom stereocenters. The Balaban J connectivity index is 1.71. The van der Waals surface area contributed by atoms with Crippen LogP contribution in [0.5, 0.6) is 0 Å². The van der Waals surface area contributed by atoms with Gasteiger partial charge in [0.2, 0.25) is 0 Å². The van der Waals surface area contributed by atoms with E-state index in [0.29, 0.717) is 11.2 Å². The molecule has 2 bridgehead atoms. The first-order chi connectivity index (χ1) is 8.65. The number of nitro groups is 1. The Bertz CT molecular complexity index is 463. The first-order valence-electron chi connectivity index (χ1n) is 6.20. The molecule has 0 aromatic heterocycles. The Hall–Kier alpha value is -0.740. The van der Waals surface area contributed by atoms with Crippen LogP contribution < -0.4 is 0 Å². The van der Waals surface area contributed by atoms with Crippen LogP contribution in [0.2, 0.25) is 0 Å². The smallest absolute Gasteiger partial charge is 0.258 e. The van der Waals surface area contributed by atoms with Crippen LogP contribution in [0.4, 0.5) is 5.69 Å². The summed E-state index contributed by atoms with van der Waals surface area (Å²) in [5.41, 5.74) is 0.148. The van der Waals surface area contributed by atoms with Gasteiger partial charge in [-0.25, -0.2) is 0 Å². The molecule has 3 rings (SSSR count). The number of thioether (sulfide) groups is 1. The summed E-state index contributed by atoms with van der Waals surface area (Å²) >= 11 is 8.27. The number of benzene rings is 1. The average molecular weight is 284 g/mol. The van der Waals surface area contributed by atoms with Gasteiger partial charge in [-0.05, 0) is 43.2 Å². The molecular formula is C13H14ClNO2S. The molecule has 1 aromatic rings. The quantitative estimate of drug-likeness (QED) is 0.477. The highest BCUT2D eigenvalue weighted by Gasteiger charge is 2.47. The van der Waals surface area contributed by atoms with Crippen molar-refractivity contribution >= 4 is 29.1 Å². The maximum absolute atomic E-state index is 10.6. The van der Waals surface area contributed by atoms with E-state index >= 15 is 0 Å². The van der Waals surface area contributed by atoms with Gasteiger partial charge in [-0.1, -0.05) is 0 Å². The van der Waals surface area contributed by atoms with Crippen molar-refractivity contribution in [1.29, 1.82) is 0 Å². The van der Waals surface area contributed by atoms with Crippen molar-refractivity contribution in [2.24, 2.45) is 11.8 Å². The first kappa shape index (κ1) is 12.3. The van der Waals surface area contributed by atoms with E-state index < -0.39 is 0 Å². The Labute approximate surface area is 115 Å². The minimum absolute atomic E-state index is 0.148. The van der Waals surface area contributed by atoms with Crippen molar-refractivity contribution in [2.75, 3.05) is 0 Å². The number of alkyl halides is 1. The highest BCUT2D eigenvalue weighted by atomic mass is 35.5. The summed E-state index contributed by atoms with van der Waals surface area (Å²) in [6, 6.07) is 6.80. The number of nitro benzene ring substituents is 1. The van der Waals surface area contributed by atoms with Gasteiger partial charge in [0.15, 0.2) is 0 Å². The van der Waals surface area contributed by atoms with Gasteiger partial charge in [-0.3, -0.25) is 10.1 Å². The molecule has 0 saturated heterocycles. The minimum Gasteiger partial charge on any atom is -0.258 e. The number of halogens is 1. The van der Waals surface area contributed by atoms with Crippen molar-refractivity contribution in [2.45, 2.75) is 34.8 Å². The van der Waals surface area contributed by atoms with E-state index in [-0.39, 0.29) is 16.0 Å². The lowest BCUT2D eigenvalue weighted by molar-refractivity contribution is -0.384. The van der Waals surface area contributed by atoms with Crippen molar-refractivity contribution in [3.8, 4) is 0 Å². The van der Waals surface area contributed by atoms with Crippen LogP contribution in [0.1, 0.15) is 19.3 Å². The van der Waals surface area contributed by atoms with Gasteiger partial charge in [0.1, 0.15) is 0 Å². The van der Waals surface area contributed by atoms with Gasteiger partial charge in [-0.2, -0.15) is 0 Å². The fourth-order valence-electron chi connectivity index (χ4n) is 3.13. The topological polar surface area (TPSA) is 43.1 Å². The summed E-state index contributed by atoms with van der Waals surface area (Å²) < 4.78 is 0. The lowest BCUT2D eigenvalue weighted by Gasteiger charge is -2.25. The molecule has 2 aliphatic carbocycles. The summed E-state index contributed by atoms with van der Waals surface area (Å²) in [7, 11) is 0. The fourth-order valence-corrected chi connectivity index (χ4v) is 5.12. The Morgan fingerprint density at radius 2 is 1.89 bits per heavy atom. The van der Waals surface area contributed by atoms with E-state index in [0.717, 1.165) is 10.8 Å². The molecule has 3 nitrogen and oxygen atoms in total. The summed E-state index contributed by atoms with van der Waals surface area (Å²) in [5, 5.41) is 11.3. The molecule has 2 saturated carbocycles. The maximum Gasteiger partial charge on any atom is 0.269 e. The SMILES string of the molecule is O=[N+]([O-])c1ccc(S[C@H]2[C@@H]3CC[C@@H](C3)[C@H]2Cl)cc1. The predicted octanol–water partition coefficient (Wildman–Crippen LogP) is 4.09. The van der Waals surface area contributed by atoms with Crippen LogP contribution in [0, 0.1) is 22.0 Å². The number of non-ortho nitro benzene ring substituents is 1. The zero-order valence-corrected chi connectivity index (χ0v) is 11.4. The van der Waals surface area contributed by atoms with E-state index in [4.69, 9.17) is 11.6 Å². The molecule has 0 aliphatic heterocycles. The molecule has 1 aromatic carbocycles. The third-order valence-electron chi connectivity index (χ3n) is 4.06. The Kier molecular flexibility index (Phi) is 3.24. The Morgan fingerprint density at radius 3 is 2.44 bits per heavy atom. The Morgan fingerprint density at radius 1 is 1.22 bits per heavy atom. The monoisotopic (exact) mass is 283 g/mol. The molecule has 0 spiro atoms. The average Bonchev–Trinajstić information content (AvgIpc) is 2.94. The van der Waals surface area contributed by atoms with Crippen LogP contribution in [0.15, 0.2) is 29.2 Å². The molecule has 0 N–H and O–H groups in total. The van der Waals surface area contributed by atoms with Crippen LogP contribution in [0.25, 0.3) is 0 Å². The number of fused-ring (bicyclic) bond motifs is 2. The predicted molar refractivity (Wildman–Crippen MR) is 73.2 cm³/mol. The molecule has 2 aliphatic rings. The molecule has 0 heterocycles. The van der Waals surface area contributed by atoms with Crippen LogP contribution >= 0.6 is 23.4 Å². The van der Waals surface area contributed by atoms with Crippen molar-refractivity contribution < 1.29 is 4.92 Å². The molecule has 0 unspecified atom stereocenters. The lowest BCUT2D eigenvalue weighted by Crippen LogP contribution is -2.24. The molecule has 0 radical (unpaired) electrons. The van der Waals surface area contributed by atoms with Crippen LogP contribution in [0.3, 0.4) is 0 Å². The zero-order chi connectivity index (χ0) is 12.7. The molecule has 96 valence electrons. The van der Waals surface area contributed by atoms with Crippen molar-refractivity contribution in [3.63, 3.8) is 0 Å². The number of rotatable bonds is 3. The van der Waals surface area contributed by atoms with E-state index in [9.17, 15) is 10.1 Å². The first-order valence-corrected chi connectivity index (χ1v) is 7.52. The molecular weight excluding hydrogens is 270 g/mol. The fraction of sp³-hybridized carbons (Fsp3) is 0.538. The van der Waals surface area contributed by atoms with Gasteiger partial charge in [0, 0.05) is 27.7 Å². The van der Waals surface area contributed by atoms with E-state index in [2.05, 4.69) is 0 Å². The van der Waals surface area contributed by atoms with Gasteiger partial charge < -0.3 is 0 Å². The largest absolute Gasteiger partial charge is 0.269 e. The number of nitrogens with zero attached hydrogens (tertiary/aromatic N) is 1. The van der Waals surface area contributed by atoms with Gasteiger partial charge in [-0.15, -0.1) is 23.4 Å². The maximum atomic E-state index is 10.6. The zero-order valence-electron chi connectivity index (χ0n) is 9.79. The second kappa shape index (κ2) is 4.74. The summed E-state index contributed by atoms with van der Waals surface area (Å²) in [4.78, 5) is 11.3. The summed E-state index contributed by atoms with van der Waals surface area (Å²) in [6.45, 7) is 0. The normalized spacial score (nSPS) is 33.8. The van der Waals surface area contributed by atoms with Gasteiger partial charge >= 0.3 is 0 Å². The van der Waals surface area contributed by atoms with E-state index in [1.165, 1.54) is 19.3 Å². The van der Waals surface area contributed by atoms with E-state index in [1.54, 1.807) is 23.9 Å².